The van der Waals surface area contributed by atoms with E-state index in [1.807, 2.05) is 6.92 Å². The van der Waals surface area contributed by atoms with Crippen molar-refractivity contribution >= 4 is 5.91 Å². The van der Waals surface area contributed by atoms with Gasteiger partial charge < -0.3 is 15.2 Å². The van der Waals surface area contributed by atoms with E-state index >= 15 is 0 Å². The van der Waals surface area contributed by atoms with Gasteiger partial charge in [-0.3, -0.25) is 4.79 Å². The van der Waals surface area contributed by atoms with E-state index in [2.05, 4.69) is 19.2 Å². The lowest BCUT2D eigenvalue weighted by atomic mass is 9.82. The van der Waals surface area contributed by atoms with Crippen LogP contribution in [-0.2, 0) is 9.53 Å². The summed E-state index contributed by atoms with van der Waals surface area (Å²) >= 11 is 0. The highest BCUT2D eigenvalue weighted by molar-refractivity contribution is 5.77. The number of rotatable bonds is 8. The van der Waals surface area contributed by atoms with Crippen LogP contribution in [-0.4, -0.2) is 35.9 Å². The number of hydrogen-bond acceptors (Lipinski definition) is 3. The summed E-state index contributed by atoms with van der Waals surface area (Å²) in [5, 5.41) is 13.3. The third-order valence-corrected chi connectivity index (χ3v) is 4.15. The molecule has 0 bridgehead atoms. The third-order valence-electron chi connectivity index (χ3n) is 4.15. The van der Waals surface area contributed by atoms with Gasteiger partial charge in [-0.05, 0) is 32.1 Å². The Labute approximate surface area is 123 Å². The predicted octanol–water partition coefficient (Wildman–Crippen LogP) is 2.64. The summed E-state index contributed by atoms with van der Waals surface area (Å²) in [6.45, 7) is 7.58. The molecule has 1 unspecified atom stereocenters. The van der Waals surface area contributed by atoms with E-state index in [4.69, 9.17) is 4.74 Å². The zero-order valence-corrected chi connectivity index (χ0v) is 13.3. The summed E-state index contributed by atoms with van der Waals surface area (Å²) < 4.78 is 5.65. The molecule has 118 valence electrons. The minimum atomic E-state index is -0.764. The molecule has 4 heteroatoms. The Bertz CT molecular complexity index is 285. The topological polar surface area (TPSA) is 58.6 Å². The second kappa shape index (κ2) is 8.63. The SMILES string of the molecule is CCOC(CCNC(=O)CC1(O)CCCCC1)C(C)C. The van der Waals surface area contributed by atoms with E-state index in [-0.39, 0.29) is 18.4 Å². The van der Waals surface area contributed by atoms with Crippen molar-refractivity contribution in [2.24, 2.45) is 5.92 Å². The number of amides is 1. The van der Waals surface area contributed by atoms with Crippen molar-refractivity contribution in [3.8, 4) is 0 Å². The first kappa shape index (κ1) is 17.4. The van der Waals surface area contributed by atoms with Gasteiger partial charge in [-0.1, -0.05) is 33.1 Å². The van der Waals surface area contributed by atoms with E-state index < -0.39 is 5.60 Å². The van der Waals surface area contributed by atoms with Crippen LogP contribution in [0.15, 0.2) is 0 Å². The first-order valence-corrected chi connectivity index (χ1v) is 8.07. The summed E-state index contributed by atoms with van der Waals surface area (Å²) in [4.78, 5) is 11.9. The quantitative estimate of drug-likeness (QED) is 0.721. The minimum Gasteiger partial charge on any atom is -0.389 e. The molecule has 0 heterocycles. The molecule has 1 fully saturated rings. The highest BCUT2D eigenvalue weighted by atomic mass is 16.5. The molecule has 0 aliphatic heterocycles. The molecule has 1 atom stereocenters. The predicted molar refractivity (Wildman–Crippen MR) is 80.5 cm³/mol. The molecule has 0 saturated heterocycles. The van der Waals surface area contributed by atoms with Crippen molar-refractivity contribution in [1.29, 1.82) is 0 Å². The van der Waals surface area contributed by atoms with Crippen molar-refractivity contribution in [3.63, 3.8) is 0 Å². The molecule has 1 amide bonds. The monoisotopic (exact) mass is 285 g/mol. The number of nitrogens with one attached hydrogen (secondary N) is 1. The normalized spacial score (nSPS) is 19.9. The summed E-state index contributed by atoms with van der Waals surface area (Å²) in [5.41, 5.74) is -0.764. The molecule has 0 aromatic heterocycles. The van der Waals surface area contributed by atoms with Gasteiger partial charge >= 0.3 is 0 Å². The molecule has 1 rings (SSSR count). The van der Waals surface area contributed by atoms with Crippen LogP contribution in [0.25, 0.3) is 0 Å². The van der Waals surface area contributed by atoms with E-state index in [9.17, 15) is 9.90 Å². The number of aliphatic hydroxyl groups is 1. The van der Waals surface area contributed by atoms with Crippen LogP contribution < -0.4 is 5.32 Å². The summed E-state index contributed by atoms with van der Waals surface area (Å²) in [6, 6.07) is 0. The van der Waals surface area contributed by atoms with Gasteiger partial charge in [0, 0.05) is 13.2 Å². The molecule has 0 spiro atoms. The lowest BCUT2D eigenvalue weighted by Gasteiger charge is -2.31. The van der Waals surface area contributed by atoms with Gasteiger partial charge in [0.05, 0.1) is 18.1 Å². The maximum absolute atomic E-state index is 11.9. The maximum atomic E-state index is 11.9. The Morgan fingerprint density at radius 3 is 2.50 bits per heavy atom. The molecular formula is C16H31NO3. The standard InChI is InChI=1S/C16H31NO3/c1-4-20-14(13(2)3)8-11-17-15(18)12-16(19)9-6-5-7-10-16/h13-14,19H,4-12H2,1-3H3,(H,17,18). The Hall–Kier alpha value is -0.610. The van der Waals surface area contributed by atoms with Crippen LogP contribution in [0, 0.1) is 5.92 Å². The second-order valence-electron chi connectivity index (χ2n) is 6.34. The fourth-order valence-corrected chi connectivity index (χ4v) is 2.93. The van der Waals surface area contributed by atoms with Gasteiger partial charge in [0.25, 0.3) is 0 Å². The van der Waals surface area contributed by atoms with Crippen molar-refractivity contribution in [1.82, 2.24) is 5.32 Å². The largest absolute Gasteiger partial charge is 0.389 e. The van der Waals surface area contributed by atoms with Crippen LogP contribution in [0.3, 0.4) is 0 Å². The van der Waals surface area contributed by atoms with Gasteiger partial charge in [-0.25, -0.2) is 0 Å². The van der Waals surface area contributed by atoms with Crippen LogP contribution >= 0.6 is 0 Å². The molecule has 0 aromatic carbocycles. The molecule has 1 aliphatic carbocycles. The van der Waals surface area contributed by atoms with Crippen LogP contribution in [0.4, 0.5) is 0 Å². The molecule has 1 aliphatic rings. The number of hydrogen-bond donors (Lipinski definition) is 2. The van der Waals surface area contributed by atoms with Gasteiger partial charge in [0.15, 0.2) is 0 Å². The number of carbonyl (C=O) groups excluding carboxylic acids is 1. The van der Waals surface area contributed by atoms with E-state index in [0.717, 1.165) is 32.1 Å². The van der Waals surface area contributed by atoms with Crippen molar-refractivity contribution in [2.45, 2.75) is 77.4 Å². The summed E-state index contributed by atoms with van der Waals surface area (Å²) in [7, 11) is 0. The summed E-state index contributed by atoms with van der Waals surface area (Å²) in [6.07, 6.45) is 6.02. The zero-order valence-electron chi connectivity index (χ0n) is 13.3. The summed E-state index contributed by atoms with van der Waals surface area (Å²) in [5.74, 6) is 0.419. The van der Waals surface area contributed by atoms with E-state index in [0.29, 0.717) is 19.1 Å². The lowest BCUT2D eigenvalue weighted by Crippen LogP contribution is -2.39. The first-order chi connectivity index (χ1) is 9.47. The molecule has 20 heavy (non-hydrogen) atoms. The van der Waals surface area contributed by atoms with E-state index in [1.165, 1.54) is 6.42 Å². The van der Waals surface area contributed by atoms with E-state index in [1.54, 1.807) is 0 Å². The first-order valence-electron chi connectivity index (χ1n) is 8.07. The average Bonchev–Trinajstić information content (AvgIpc) is 2.37. The average molecular weight is 285 g/mol. The van der Waals surface area contributed by atoms with Crippen molar-refractivity contribution in [3.05, 3.63) is 0 Å². The molecule has 1 saturated carbocycles. The minimum absolute atomic E-state index is 0.0339. The number of carbonyl (C=O) groups is 1. The number of ether oxygens (including phenoxy) is 1. The highest BCUT2D eigenvalue weighted by Crippen LogP contribution is 2.30. The fourth-order valence-electron chi connectivity index (χ4n) is 2.93. The zero-order chi connectivity index (χ0) is 15.0. The smallest absolute Gasteiger partial charge is 0.222 e. The Balaban J connectivity index is 2.25. The molecule has 2 N–H and O–H groups in total. The Morgan fingerprint density at radius 2 is 1.95 bits per heavy atom. The van der Waals surface area contributed by atoms with Crippen LogP contribution in [0.2, 0.25) is 0 Å². The lowest BCUT2D eigenvalue weighted by molar-refractivity contribution is -0.127. The Kier molecular flexibility index (Phi) is 7.52. The molecule has 0 radical (unpaired) electrons. The molecular weight excluding hydrogens is 254 g/mol. The van der Waals surface area contributed by atoms with Gasteiger partial charge in [-0.15, -0.1) is 0 Å². The maximum Gasteiger partial charge on any atom is 0.222 e. The van der Waals surface area contributed by atoms with Crippen LogP contribution in [0.5, 0.6) is 0 Å². The van der Waals surface area contributed by atoms with Crippen molar-refractivity contribution < 1.29 is 14.6 Å². The molecule has 4 nitrogen and oxygen atoms in total. The third kappa shape index (κ3) is 6.23. The van der Waals surface area contributed by atoms with Gasteiger partial charge in [0.1, 0.15) is 0 Å². The second-order valence-corrected chi connectivity index (χ2v) is 6.34. The van der Waals surface area contributed by atoms with Gasteiger partial charge in [-0.2, -0.15) is 0 Å². The van der Waals surface area contributed by atoms with Crippen molar-refractivity contribution in [2.75, 3.05) is 13.2 Å². The van der Waals surface area contributed by atoms with Gasteiger partial charge in [0.2, 0.25) is 5.91 Å². The van der Waals surface area contributed by atoms with Crippen LogP contribution in [0.1, 0.15) is 65.7 Å². The molecule has 0 aromatic rings. The highest BCUT2D eigenvalue weighted by Gasteiger charge is 2.31. The fraction of sp³-hybridized carbons (Fsp3) is 0.938. The Morgan fingerprint density at radius 1 is 1.30 bits per heavy atom.